The maximum absolute atomic E-state index is 12.7. The van der Waals surface area contributed by atoms with Gasteiger partial charge in [0.2, 0.25) is 5.91 Å². The fraction of sp³-hybridized carbons (Fsp3) is 0.423. The summed E-state index contributed by atoms with van der Waals surface area (Å²) < 4.78 is 5.84. The van der Waals surface area contributed by atoms with E-state index in [1.165, 1.54) is 18.4 Å². The summed E-state index contributed by atoms with van der Waals surface area (Å²) in [5.74, 6) is 1.13. The minimum absolute atomic E-state index is 0.0807. The quantitative estimate of drug-likeness (QED) is 0.705. The molecular formula is C26H32N2O2. The van der Waals surface area contributed by atoms with Crippen molar-refractivity contribution < 1.29 is 9.53 Å². The number of ether oxygens (including phenoxy) is 1. The average Bonchev–Trinajstić information content (AvgIpc) is 3.05. The Balaban J connectivity index is 1.28. The number of benzene rings is 2. The molecular weight excluding hydrogens is 372 g/mol. The molecule has 30 heavy (non-hydrogen) atoms. The van der Waals surface area contributed by atoms with Crippen molar-refractivity contribution in [2.24, 2.45) is 5.92 Å². The molecule has 2 aliphatic rings. The SMILES string of the molecule is O=C(/C=C/c1ccccc1)N1CCOCC(CN2CCC(c3ccccc3)CC2)C1. The number of hydrogen-bond donors (Lipinski definition) is 0. The van der Waals surface area contributed by atoms with Gasteiger partial charge in [-0.3, -0.25) is 4.79 Å². The summed E-state index contributed by atoms with van der Waals surface area (Å²) in [6, 6.07) is 20.9. The number of carbonyl (C=O) groups is 1. The van der Waals surface area contributed by atoms with Crippen LogP contribution >= 0.6 is 0 Å². The molecule has 0 radical (unpaired) electrons. The molecule has 0 N–H and O–H groups in total. The molecule has 2 saturated heterocycles. The van der Waals surface area contributed by atoms with Gasteiger partial charge in [0.25, 0.3) is 0 Å². The summed E-state index contributed by atoms with van der Waals surface area (Å²) in [5.41, 5.74) is 2.52. The molecule has 0 aliphatic carbocycles. The number of hydrogen-bond acceptors (Lipinski definition) is 3. The van der Waals surface area contributed by atoms with Crippen LogP contribution in [0.4, 0.5) is 0 Å². The van der Waals surface area contributed by atoms with Crippen LogP contribution in [0.5, 0.6) is 0 Å². The van der Waals surface area contributed by atoms with E-state index < -0.39 is 0 Å². The number of piperidine rings is 1. The van der Waals surface area contributed by atoms with Gasteiger partial charge in [0.05, 0.1) is 13.2 Å². The summed E-state index contributed by atoms with van der Waals surface area (Å²) in [5, 5.41) is 0. The van der Waals surface area contributed by atoms with Crippen LogP contribution in [0.15, 0.2) is 66.7 Å². The van der Waals surface area contributed by atoms with E-state index >= 15 is 0 Å². The molecule has 2 aliphatic heterocycles. The second kappa shape index (κ2) is 10.6. The van der Waals surface area contributed by atoms with Crippen molar-refractivity contribution in [1.29, 1.82) is 0 Å². The number of likely N-dealkylation sites (tertiary alicyclic amines) is 1. The normalized spacial score (nSPS) is 21.6. The van der Waals surface area contributed by atoms with E-state index in [1.54, 1.807) is 6.08 Å². The lowest BCUT2D eigenvalue weighted by Gasteiger charge is -2.35. The van der Waals surface area contributed by atoms with Crippen LogP contribution in [0.25, 0.3) is 6.08 Å². The predicted octanol–water partition coefficient (Wildman–Crippen LogP) is 4.05. The van der Waals surface area contributed by atoms with Crippen LogP contribution in [0.2, 0.25) is 0 Å². The largest absolute Gasteiger partial charge is 0.379 e. The molecule has 4 heteroatoms. The smallest absolute Gasteiger partial charge is 0.246 e. The Morgan fingerprint density at radius 3 is 2.40 bits per heavy atom. The lowest BCUT2D eigenvalue weighted by molar-refractivity contribution is -0.126. The molecule has 0 aromatic heterocycles. The number of nitrogens with zero attached hydrogens (tertiary/aromatic N) is 2. The minimum Gasteiger partial charge on any atom is -0.379 e. The van der Waals surface area contributed by atoms with Gasteiger partial charge in [0.1, 0.15) is 0 Å². The zero-order valence-electron chi connectivity index (χ0n) is 17.7. The second-order valence-electron chi connectivity index (χ2n) is 8.45. The second-order valence-corrected chi connectivity index (χ2v) is 8.45. The molecule has 1 amide bonds. The average molecular weight is 405 g/mol. The summed E-state index contributed by atoms with van der Waals surface area (Å²) >= 11 is 0. The van der Waals surface area contributed by atoms with Crippen LogP contribution in [0.3, 0.4) is 0 Å². The molecule has 158 valence electrons. The summed E-state index contributed by atoms with van der Waals surface area (Å²) in [6.45, 7) is 6.06. The Hall–Kier alpha value is -2.43. The number of amides is 1. The van der Waals surface area contributed by atoms with Crippen molar-refractivity contribution >= 4 is 12.0 Å². The van der Waals surface area contributed by atoms with E-state index in [1.807, 2.05) is 41.3 Å². The van der Waals surface area contributed by atoms with Crippen molar-refractivity contribution in [3.63, 3.8) is 0 Å². The Labute approximate surface area is 180 Å². The Bertz CT molecular complexity index is 813. The first kappa shape index (κ1) is 20.8. The molecule has 0 saturated carbocycles. The zero-order valence-corrected chi connectivity index (χ0v) is 17.7. The summed E-state index contributed by atoms with van der Waals surface area (Å²) in [4.78, 5) is 17.2. The Kier molecular flexibility index (Phi) is 7.33. The standard InChI is InChI=1S/C26H32N2O2/c29-26(12-11-22-7-3-1-4-8-22)28-17-18-30-21-23(20-28)19-27-15-13-25(14-16-27)24-9-5-2-6-10-24/h1-12,23,25H,13-21H2/b12-11+. The first-order valence-corrected chi connectivity index (χ1v) is 11.1. The highest BCUT2D eigenvalue weighted by Gasteiger charge is 2.26. The summed E-state index contributed by atoms with van der Waals surface area (Å²) in [6.07, 6.45) is 6.01. The van der Waals surface area contributed by atoms with Crippen LogP contribution in [0, 0.1) is 5.92 Å². The molecule has 0 spiro atoms. The van der Waals surface area contributed by atoms with Crippen molar-refractivity contribution in [2.75, 3.05) is 45.9 Å². The van der Waals surface area contributed by atoms with E-state index in [-0.39, 0.29) is 5.91 Å². The molecule has 0 bridgehead atoms. The third kappa shape index (κ3) is 5.80. The molecule has 4 rings (SSSR count). The highest BCUT2D eigenvalue weighted by Crippen LogP contribution is 2.28. The Morgan fingerprint density at radius 1 is 0.967 bits per heavy atom. The molecule has 2 aromatic rings. The van der Waals surface area contributed by atoms with Crippen LogP contribution < -0.4 is 0 Å². The van der Waals surface area contributed by atoms with Gasteiger partial charge in [-0.2, -0.15) is 0 Å². The third-order valence-corrected chi connectivity index (χ3v) is 6.24. The van der Waals surface area contributed by atoms with E-state index in [0.29, 0.717) is 25.0 Å². The van der Waals surface area contributed by atoms with E-state index in [0.717, 1.165) is 38.3 Å². The van der Waals surface area contributed by atoms with Crippen molar-refractivity contribution in [3.8, 4) is 0 Å². The van der Waals surface area contributed by atoms with Crippen LogP contribution in [0.1, 0.15) is 29.9 Å². The monoisotopic (exact) mass is 404 g/mol. The van der Waals surface area contributed by atoms with Crippen molar-refractivity contribution in [2.45, 2.75) is 18.8 Å². The highest BCUT2D eigenvalue weighted by molar-refractivity contribution is 5.91. The van der Waals surface area contributed by atoms with Crippen molar-refractivity contribution in [1.82, 2.24) is 9.80 Å². The van der Waals surface area contributed by atoms with Gasteiger partial charge >= 0.3 is 0 Å². The van der Waals surface area contributed by atoms with Gasteiger partial charge in [-0.25, -0.2) is 0 Å². The third-order valence-electron chi connectivity index (χ3n) is 6.24. The van der Waals surface area contributed by atoms with Crippen molar-refractivity contribution in [3.05, 3.63) is 77.9 Å². The van der Waals surface area contributed by atoms with Crippen LogP contribution in [-0.2, 0) is 9.53 Å². The number of carbonyl (C=O) groups excluding carboxylic acids is 1. The zero-order chi connectivity index (χ0) is 20.6. The van der Waals surface area contributed by atoms with Gasteiger partial charge in [-0.1, -0.05) is 60.7 Å². The maximum Gasteiger partial charge on any atom is 0.246 e. The van der Waals surface area contributed by atoms with E-state index in [9.17, 15) is 4.79 Å². The molecule has 1 atom stereocenters. The lowest BCUT2D eigenvalue weighted by atomic mass is 9.89. The molecule has 1 unspecified atom stereocenters. The first-order chi connectivity index (χ1) is 14.8. The predicted molar refractivity (Wildman–Crippen MR) is 121 cm³/mol. The van der Waals surface area contributed by atoms with E-state index in [4.69, 9.17) is 4.74 Å². The maximum atomic E-state index is 12.7. The van der Waals surface area contributed by atoms with Gasteiger partial charge in [0, 0.05) is 31.6 Å². The summed E-state index contributed by atoms with van der Waals surface area (Å²) in [7, 11) is 0. The lowest BCUT2D eigenvalue weighted by Crippen LogP contribution is -2.42. The molecule has 2 fully saturated rings. The fourth-order valence-electron chi connectivity index (χ4n) is 4.57. The fourth-order valence-corrected chi connectivity index (χ4v) is 4.57. The highest BCUT2D eigenvalue weighted by atomic mass is 16.5. The number of rotatable bonds is 5. The van der Waals surface area contributed by atoms with E-state index in [2.05, 4.69) is 35.2 Å². The van der Waals surface area contributed by atoms with Gasteiger partial charge in [0.15, 0.2) is 0 Å². The molecule has 2 heterocycles. The van der Waals surface area contributed by atoms with Crippen LogP contribution in [-0.4, -0.2) is 61.6 Å². The van der Waals surface area contributed by atoms with Gasteiger partial charge < -0.3 is 14.5 Å². The topological polar surface area (TPSA) is 32.8 Å². The molecule has 2 aromatic carbocycles. The van der Waals surface area contributed by atoms with Gasteiger partial charge in [-0.05, 0) is 49.1 Å². The molecule has 4 nitrogen and oxygen atoms in total. The minimum atomic E-state index is 0.0807. The first-order valence-electron chi connectivity index (χ1n) is 11.1. The Morgan fingerprint density at radius 2 is 1.67 bits per heavy atom. The van der Waals surface area contributed by atoms with Gasteiger partial charge in [-0.15, -0.1) is 0 Å².